The van der Waals surface area contributed by atoms with E-state index in [1.165, 1.54) is 6.92 Å². The number of non-ortho nitro benzene ring substituents is 1. The molecule has 13 nitrogen and oxygen atoms in total. The van der Waals surface area contributed by atoms with Crippen LogP contribution in [0.3, 0.4) is 0 Å². The molecule has 0 unspecified atom stereocenters. The first-order chi connectivity index (χ1) is 24.4. The summed E-state index contributed by atoms with van der Waals surface area (Å²) in [4.78, 5) is 38.8. The van der Waals surface area contributed by atoms with E-state index in [2.05, 4.69) is 4.90 Å². The highest BCUT2D eigenvalue weighted by Gasteiger charge is 2.41. The van der Waals surface area contributed by atoms with E-state index in [0.717, 1.165) is 27.6 Å². The lowest BCUT2D eigenvalue weighted by molar-refractivity contribution is -0.396. The van der Waals surface area contributed by atoms with Crippen molar-refractivity contribution in [3.8, 4) is 5.75 Å². The second-order valence-electron chi connectivity index (χ2n) is 11.8. The minimum absolute atomic E-state index is 0.0516. The topological polar surface area (TPSA) is 156 Å². The van der Waals surface area contributed by atoms with Crippen LogP contribution in [0.25, 0.3) is 0 Å². The monoisotopic (exact) mass is 755 g/mol. The molecule has 0 N–H and O–H groups in total. The van der Waals surface area contributed by atoms with Gasteiger partial charge in [0.05, 0.1) is 26.0 Å². The minimum atomic E-state index is -4.72. The second-order valence-corrected chi connectivity index (χ2v) is 14.5. The summed E-state index contributed by atoms with van der Waals surface area (Å²) in [6.07, 6.45) is -0.0516. The van der Waals surface area contributed by atoms with Gasteiger partial charge in [-0.2, -0.15) is 4.31 Å². The molecule has 16 heteroatoms. The van der Waals surface area contributed by atoms with E-state index in [-0.39, 0.29) is 26.1 Å². The first kappa shape index (κ1) is 37.7. The van der Waals surface area contributed by atoms with Crippen molar-refractivity contribution in [3.05, 3.63) is 138 Å². The molecule has 268 valence electrons. The molecule has 1 saturated heterocycles. The molecule has 0 radical (unpaired) electrons. The number of benzene rings is 4. The number of carbonyl (C=O) groups is 1. The number of amides is 1. The predicted octanol–water partition coefficient (Wildman–Crippen LogP) is 6.36. The Hall–Kier alpha value is -4.60. The number of rotatable bonds is 14. The van der Waals surface area contributed by atoms with E-state index in [9.17, 15) is 33.4 Å². The largest absolute Gasteiger partial charge is 0.489 e. The molecule has 1 amide bonds. The molecule has 0 saturated carbocycles. The van der Waals surface area contributed by atoms with Gasteiger partial charge in [-0.15, -0.1) is 0 Å². The zero-order valence-electron chi connectivity index (χ0n) is 27.6. The van der Waals surface area contributed by atoms with Gasteiger partial charge in [0.15, 0.2) is 4.90 Å². The summed E-state index contributed by atoms with van der Waals surface area (Å²) in [5.74, 6) is 0.0951. The van der Waals surface area contributed by atoms with Crippen molar-refractivity contribution in [3.63, 3.8) is 0 Å². The third-order valence-electron chi connectivity index (χ3n) is 8.59. The van der Waals surface area contributed by atoms with Crippen LogP contribution >= 0.6 is 23.2 Å². The molecule has 0 aromatic heterocycles. The molecule has 1 aliphatic heterocycles. The van der Waals surface area contributed by atoms with Crippen molar-refractivity contribution in [2.24, 2.45) is 0 Å². The molecule has 0 aliphatic carbocycles. The maximum absolute atomic E-state index is 14.3. The van der Waals surface area contributed by atoms with Crippen molar-refractivity contribution < 1.29 is 27.8 Å². The van der Waals surface area contributed by atoms with Gasteiger partial charge in [0.2, 0.25) is 5.91 Å². The number of carbonyl (C=O) groups excluding carboxylic acids is 1. The predicted molar refractivity (Wildman–Crippen MR) is 192 cm³/mol. The van der Waals surface area contributed by atoms with Crippen LogP contribution in [0.15, 0.2) is 95.9 Å². The quantitative estimate of drug-likeness (QED) is 0.106. The van der Waals surface area contributed by atoms with Gasteiger partial charge >= 0.3 is 0 Å². The van der Waals surface area contributed by atoms with Crippen molar-refractivity contribution in [2.45, 2.75) is 37.4 Å². The Balaban J connectivity index is 1.41. The lowest BCUT2D eigenvalue weighted by Crippen LogP contribution is -2.56. The number of nitro groups is 2. The third-order valence-corrected chi connectivity index (χ3v) is 11.5. The van der Waals surface area contributed by atoms with Gasteiger partial charge in [0, 0.05) is 45.3 Å². The molecule has 0 spiro atoms. The maximum atomic E-state index is 14.3. The van der Waals surface area contributed by atoms with Crippen molar-refractivity contribution in [1.29, 1.82) is 0 Å². The van der Waals surface area contributed by atoms with Crippen LogP contribution in [-0.4, -0.2) is 77.0 Å². The Kier molecular flexibility index (Phi) is 12.3. The highest BCUT2D eigenvalue weighted by molar-refractivity contribution is 7.89. The van der Waals surface area contributed by atoms with Gasteiger partial charge in [-0.25, -0.2) is 8.42 Å². The van der Waals surface area contributed by atoms with Crippen LogP contribution in [0.4, 0.5) is 11.4 Å². The highest BCUT2D eigenvalue weighted by Crippen LogP contribution is 2.33. The average Bonchev–Trinajstić information content (AvgIpc) is 3.13. The van der Waals surface area contributed by atoms with Crippen LogP contribution in [-0.2, 0) is 34.4 Å². The Labute approximate surface area is 305 Å². The number of halogens is 2. The first-order valence-electron chi connectivity index (χ1n) is 16.0. The summed E-state index contributed by atoms with van der Waals surface area (Å²) in [6.45, 7) is 3.68. The van der Waals surface area contributed by atoms with Crippen molar-refractivity contribution in [1.82, 2.24) is 14.1 Å². The lowest BCUT2D eigenvalue weighted by atomic mass is 10.0. The zero-order chi connectivity index (χ0) is 36.7. The van der Waals surface area contributed by atoms with Crippen LogP contribution in [0.2, 0.25) is 10.0 Å². The van der Waals surface area contributed by atoms with Crippen LogP contribution in [0.1, 0.15) is 23.6 Å². The van der Waals surface area contributed by atoms with E-state index in [0.29, 0.717) is 53.7 Å². The van der Waals surface area contributed by atoms with Gasteiger partial charge < -0.3 is 9.64 Å². The number of hydrogen-bond donors (Lipinski definition) is 0. The SMILES string of the molecule is CCN([C@@H](Cc1ccc(OCc2ccccc2)cc1)C(=O)N1CCN(Cc2cccc(Cl)c2Cl)CC1)S(=O)(=O)c1ccc([N+](=O)[O-])cc1[N+](=O)[O-]. The summed E-state index contributed by atoms with van der Waals surface area (Å²) >= 11 is 12.6. The molecule has 4 aromatic carbocycles. The van der Waals surface area contributed by atoms with Gasteiger partial charge in [0.1, 0.15) is 18.4 Å². The number of nitro benzene ring substituents is 2. The number of piperazine rings is 1. The average molecular weight is 757 g/mol. The summed E-state index contributed by atoms with van der Waals surface area (Å²) in [5.41, 5.74) is 0.851. The Morgan fingerprint density at radius 3 is 2.20 bits per heavy atom. The summed E-state index contributed by atoms with van der Waals surface area (Å²) in [7, 11) is -4.72. The van der Waals surface area contributed by atoms with E-state index >= 15 is 0 Å². The normalized spacial score (nSPS) is 14.3. The van der Waals surface area contributed by atoms with Gasteiger partial charge in [-0.05, 0) is 47.4 Å². The number of sulfonamides is 1. The fourth-order valence-electron chi connectivity index (χ4n) is 5.91. The molecule has 4 aromatic rings. The summed E-state index contributed by atoms with van der Waals surface area (Å²) < 4.78 is 35.2. The molecule has 5 rings (SSSR count). The first-order valence-corrected chi connectivity index (χ1v) is 18.2. The van der Waals surface area contributed by atoms with Crippen LogP contribution in [0, 0.1) is 20.2 Å². The fraction of sp³-hybridized carbons (Fsp3) is 0.286. The van der Waals surface area contributed by atoms with Gasteiger partial charge in [-0.3, -0.25) is 29.9 Å². The van der Waals surface area contributed by atoms with Crippen molar-refractivity contribution in [2.75, 3.05) is 32.7 Å². The molecular weight excluding hydrogens is 721 g/mol. The van der Waals surface area contributed by atoms with E-state index in [1.807, 2.05) is 42.5 Å². The summed E-state index contributed by atoms with van der Waals surface area (Å²) in [6, 6.07) is 23.0. The molecule has 1 atom stereocenters. The molecular formula is C35H35Cl2N5O8S. The zero-order valence-corrected chi connectivity index (χ0v) is 29.9. The number of ether oxygens (including phenoxy) is 1. The van der Waals surface area contributed by atoms with Gasteiger partial charge in [-0.1, -0.05) is 84.7 Å². The standard InChI is InChI=1S/C35H35Cl2N5O8S/c1-2-40(51(48,49)33-16-13-28(41(44)45)22-31(33)42(46)47)32(21-25-11-14-29(15-12-25)50-24-26-7-4-3-5-8-26)35(43)39-19-17-38(18-20-39)23-27-9-6-10-30(36)34(27)37/h3-16,22,32H,2,17-21,23-24H2,1H3/t32-/m0/s1. The molecule has 51 heavy (non-hydrogen) atoms. The van der Waals surface area contributed by atoms with Gasteiger partial charge in [0.25, 0.3) is 21.4 Å². The van der Waals surface area contributed by atoms with Crippen LogP contribution in [0.5, 0.6) is 5.75 Å². The summed E-state index contributed by atoms with van der Waals surface area (Å²) in [5, 5.41) is 24.2. The maximum Gasteiger partial charge on any atom is 0.296 e. The molecule has 1 fully saturated rings. The molecule has 0 bridgehead atoms. The highest BCUT2D eigenvalue weighted by atomic mass is 35.5. The third kappa shape index (κ3) is 9.01. The number of likely N-dealkylation sites (N-methyl/N-ethyl adjacent to an activating group) is 1. The molecule has 1 heterocycles. The molecule has 1 aliphatic rings. The fourth-order valence-corrected chi connectivity index (χ4v) is 8.02. The van der Waals surface area contributed by atoms with E-state index in [4.69, 9.17) is 27.9 Å². The number of hydrogen-bond acceptors (Lipinski definition) is 9. The van der Waals surface area contributed by atoms with E-state index < -0.39 is 48.1 Å². The Morgan fingerprint density at radius 2 is 1.57 bits per heavy atom. The van der Waals surface area contributed by atoms with Crippen LogP contribution < -0.4 is 4.74 Å². The smallest absolute Gasteiger partial charge is 0.296 e. The lowest BCUT2D eigenvalue weighted by Gasteiger charge is -2.38. The Bertz CT molecular complexity index is 1990. The Morgan fingerprint density at radius 1 is 0.882 bits per heavy atom. The second kappa shape index (κ2) is 16.6. The number of nitrogens with zero attached hydrogens (tertiary/aromatic N) is 5. The van der Waals surface area contributed by atoms with E-state index in [1.54, 1.807) is 35.2 Å². The minimum Gasteiger partial charge on any atom is -0.489 e. The van der Waals surface area contributed by atoms with Crippen molar-refractivity contribution >= 4 is 50.5 Å².